The van der Waals surface area contributed by atoms with Crippen LogP contribution in [0.25, 0.3) is 0 Å². The van der Waals surface area contributed by atoms with E-state index < -0.39 is 0 Å². The first-order chi connectivity index (χ1) is 12.7. The van der Waals surface area contributed by atoms with Crippen molar-refractivity contribution in [1.82, 2.24) is 15.6 Å². The first kappa shape index (κ1) is 20.0. The number of pyridine rings is 1. The summed E-state index contributed by atoms with van der Waals surface area (Å²) < 4.78 is 19.1. The fourth-order valence-electron chi connectivity index (χ4n) is 2.32. The predicted octanol–water partition coefficient (Wildman–Crippen LogP) is 3.22. The van der Waals surface area contributed by atoms with Gasteiger partial charge in [0.2, 0.25) is 0 Å². The summed E-state index contributed by atoms with van der Waals surface area (Å²) >= 11 is 1.67. The van der Waals surface area contributed by atoms with E-state index in [-0.39, 0.29) is 5.82 Å². The Morgan fingerprint density at radius 3 is 2.88 bits per heavy atom. The molecule has 140 valence electrons. The molecular formula is C19H25FN4OS. The molecule has 1 aromatic carbocycles. The molecule has 0 aliphatic heterocycles. The van der Waals surface area contributed by atoms with E-state index in [4.69, 9.17) is 4.74 Å². The largest absolute Gasteiger partial charge is 0.490 e. The predicted molar refractivity (Wildman–Crippen MR) is 106 cm³/mol. The maximum absolute atomic E-state index is 13.4. The van der Waals surface area contributed by atoms with Gasteiger partial charge in [0.15, 0.2) is 5.96 Å². The van der Waals surface area contributed by atoms with E-state index in [0.29, 0.717) is 25.7 Å². The molecule has 0 bridgehead atoms. The van der Waals surface area contributed by atoms with Crippen molar-refractivity contribution < 1.29 is 9.13 Å². The van der Waals surface area contributed by atoms with Crippen LogP contribution < -0.4 is 15.4 Å². The topological polar surface area (TPSA) is 58.5 Å². The minimum absolute atomic E-state index is 0.209. The van der Waals surface area contributed by atoms with Gasteiger partial charge in [0, 0.05) is 18.5 Å². The van der Waals surface area contributed by atoms with Gasteiger partial charge in [0.25, 0.3) is 0 Å². The zero-order valence-corrected chi connectivity index (χ0v) is 16.0. The molecule has 2 N–H and O–H groups in total. The first-order valence-corrected chi connectivity index (χ1v) is 9.93. The van der Waals surface area contributed by atoms with Crippen LogP contribution in [0.4, 0.5) is 4.39 Å². The standard InChI is InChI=1S/C19H25FN4OS/c1-3-22-19(23-9-10-25-18-5-4-8-21-13-18)24-12-15-6-7-17(20)11-16(15)14-26-2/h4-8,11,13H,3,9-10,12,14H2,1-2H3,(H2,22,23,24). The minimum Gasteiger partial charge on any atom is -0.490 e. The maximum Gasteiger partial charge on any atom is 0.191 e. The van der Waals surface area contributed by atoms with Gasteiger partial charge >= 0.3 is 0 Å². The van der Waals surface area contributed by atoms with E-state index in [9.17, 15) is 4.39 Å². The van der Waals surface area contributed by atoms with Crippen molar-refractivity contribution in [1.29, 1.82) is 0 Å². The lowest BCUT2D eigenvalue weighted by molar-refractivity contribution is 0.320. The van der Waals surface area contributed by atoms with Gasteiger partial charge in [0.1, 0.15) is 18.2 Å². The Kier molecular flexibility index (Phi) is 8.75. The van der Waals surface area contributed by atoms with Gasteiger partial charge in [-0.25, -0.2) is 9.38 Å². The lowest BCUT2D eigenvalue weighted by Gasteiger charge is -2.13. The van der Waals surface area contributed by atoms with E-state index in [1.807, 2.05) is 25.3 Å². The lowest BCUT2D eigenvalue weighted by Crippen LogP contribution is -2.39. The highest BCUT2D eigenvalue weighted by molar-refractivity contribution is 7.97. The molecular weight excluding hydrogens is 351 g/mol. The highest BCUT2D eigenvalue weighted by Gasteiger charge is 2.05. The zero-order chi connectivity index (χ0) is 18.6. The highest BCUT2D eigenvalue weighted by atomic mass is 32.2. The average Bonchev–Trinajstić information content (AvgIpc) is 2.65. The van der Waals surface area contributed by atoms with Gasteiger partial charge in [-0.2, -0.15) is 11.8 Å². The van der Waals surface area contributed by atoms with Gasteiger partial charge in [-0.05, 0) is 48.6 Å². The fraction of sp³-hybridized carbons (Fsp3) is 0.368. The molecule has 5 nitrogen and oxygen atoms in total. The molecule has 1 aromatic heterocycles. The van der Waals surface area contributed by atoms with Crippen molar-refractivity contribution in [2.24, 2.45) is 4.99 Å². The molecule has 0 aliphatic rings. The molecule has 0 unspecified atom stereocenters. The van der Waals surface area contributed by atoms with Gasteiger partial charge in [-0.1, -0.05) is 6.07 Å². The SMILES string of the molecule is CCNC(=NCc1ccc(F)cc1CSC)NCCOc1cccnc1. The summed E-state index contributed by atoms with van der Waals surface area (Å²) in [6, 6.07) is 8.58. The Morgan fingerprint density at radius 2 is 2.15 bits per heavy atom. The average molecular weight is 377 g/mol. The molecule has 2 rings (SSSR count). The van der Waals surface area contributed by atoms with Gasteiger partial charge in [0.05, 0.1) is 19.3 Å². The van der Waals surface area contributed by atoms with Crippen molar-refractivity contribution in [2.75, 3.05) is 26.0 Å². The number of rotatable bonds is 9. The number of aliphatic imine (C=N–C) groups is 1. The molecule has 7 heteroatoms. The number of guanidine groups is 1. The number of thioether (sulfide) groups is 1. The normalized spacial score (nSPS) is 11.3. The van der Waals surface area contributed by atoms with Crippen LogP contribution in [-0.2, 0) is 12.3 Å². The van der Waals surface area contributed by atoms with Crippen LogP contribution in [0, 0.1) is 5.82 Å². The molecule has 2 aromatic rings. The molecule has 0 amide bonds. The summed E-state index contributed by atoms with van der Waals surface area (Å²) in [5, 5.41) is 6.44. The quantitative estimate of drug-likeness (QED) is 0.400. The zero-order valence-electron chi connectivity index (χ0n) is 15.2. The Morgan fingerprint density at radius 1 is 1.27 bits per heavy atom. The van der Waals surface area contributed by atoms with Crippen molar-refractivity contribution in [3.05, 3.63) is 59.7 Å². The number of aromatic nitrogens is 1. The highest BCUT2D eigenvalue weighted by Crippen LogP contribution is 2.17. The lowest BCUT2D eigenvalue weighted by atomic mass is 10.1. The third kappa shape index (κ3) is 6.92. The third-order valence-corrected chi connectivity index (χ3v) is 4.12. The molecule has 0 aliphatic carbocycles. The van der Waals surface area contributed by atoms with Crippen LogP contribution in [0.5, 0.6) is 5.75 Å². The second-order valence-electron chi connectivity index (χ2n) is 5.51. The van der Waals surface area contributed by atoms with Crippen molar-refractivity contribution in [2.45, 2.75) is 19.2 Å². The summed E-state index contributed by atoms with van der Waals surface area (Å²) in [5.41, 5.74) is 2.02. The Labute approximate surface area is 158 Å². The fourth-order valence-corrected chi connectivity index (χ4v) is 2.90. The number of hydrogen-bond donors (Lipinski definition) is 2. The van der Waals surface area contributed by atoms with E-state index in [1.54, 1.807) is 36.3 Å². The van der Waals surface area contributed by atoms with Crippen molar-refractivity contribution in [3.8, 4) is 5.75 Å². The van der Waals surface area contributed by atoms with E-state index in [1.165, 1.54) is 6.07 Å². The summed E-state index contributed by atoms with van der Waals surface area (Å²) in [5.74, 6) is 2.01. The van der Waals surface area contributed by atoms with Crippen LogP contribution >= 0.6 is 11.8 Å². The van der Waals surface area contributed by atoms with E-state index in [0.717, 1.165) is 29.2 Å². The second kappa shape index (κ2) is 11.4. The number of hydrogen-bond acceptors (Lipinski definition) is 4. The molecule has 0 fully saturated rings. The summed E-state index contributed by atoms with van der Waals surface area (Å²) in [7, 11) is 0. The first-order valence-electron chi connectivity index (χ1n) is 8.54. The number of halogens is 1. The number of benzene rings is 1. The summed E-state index contributed by atoms with van der Waals surface area (Å²) in [6.45, 7) is 4.39. The number of ether oxygens (including phenoxy) is 1. The number of nitrogens with zero attached hydrogens (tertiary/aromatic N) is 2. The van der Waals surface area contributed by atoms with Crippen molar-refractivity contribution >= 4 is 17.7 Å². The molecule has 0 atom stereocenters. The summed E-state index contributed by atoms with van der Waals surface area (Å²) in [6.07, 6.45) is 5.40. The van der Waals surface area contributed by atoms with Crippen LogP contribution in [0.2, 0.25) is 0 Å². The van der Waals surface area contributed by atoms with Gasteiger partial charge in [-0.3, -0.25) is 4.98 Å². The smallest absolute Gasteiger partial charge is 0.191 e. The third-order valence-electron chi connectivity index (χ3n) is 3.52. The Balaban J connectivity index is 1.89. The molecule has 0 saturated heterocycles. The van der Waals surface area contributed by atoms with Gasteiger partial charge < -0.3 is 15.4 Å². The molecule has 0 spiro atoms. The van der Waals surface area contributed by atoms with E-state index in [2.05, 4.69) is 20.6 Å². The second-order valence-corrected chi connectivity index (χ2v) is 6.37. The molecule has 0 radical (unpaired) electrons. The van der Waals surface area contributed by atoms with Gasteiger partial charge in [-0.15, -0.1) is 0 Å². The van der Waals surface area contributed by atoms with Crippen LogP contribution in [-0.4, -0.2) is 36.9 Å². The van der Waals surface area contributed by atoms with Crippen molar-refractivity contribution in [3.63, 3.8) is 0 Å². The van der Waals surface area contributed by atoms with Crippen LogP contribution in [0.15, 0.2) is 47.7 Å². The molecule has 26 heavy (non-hydrogen) atoms. The molecule has 0 saturated carbocycles. The minimum atomic E-state index is -0.209. The Hall–Kier alpha value is -2.28. The van der Waals surface area contributed by atoms with Crippen LogP contribution in [0.3, 0.4) is 0 Å². The Bertz CT molecular complexity index is 697. The maximum atomic E-state index is 13.4. The van der Waals surface area contributed by atoms with E-state index >= 15 is 0 Å². The summed E-state index contributed by atoms with van der Waals surface area (Å²) in [4.78, 5) is 8.61. The molecule has 1 heterocycles. The van der Waals surface area contributed by atoms with Crippen LogP contribution in [0.1, 0.15) is 18.1 Å². The number of nitrogens with one attached hydrogen (secondary N) is 2. The monoisotopic (exact) mass is 376 g/mol.